The van der Waals surface area contributed by atoms with Crippen molar-refractivity contribution in [2.75, 3.05) is 6.61 Å². The molecule has 1 spiro atoms. The number of hydrogen-bond donors (Lipinski definition) is 2. The average Bonchev–Trinajstić information content (AvgIpc) is 3.31. The number of carbonyl (C=O) groups excluding carboxylic acids is 2. The Kier molecular flexibility index (Phi) is 3.29. The van der Waals surface area contributed by atoms with E-state index in [0.717, 1.165) is 24.8 Å². The average molecular weight is 372 g/mol. The molecule has 3 saturated carbocycles. The first-order chi connectivity index (χ1) is 12.6. The highest BCUT2D eigenvalue weighted by Crippen LogP contribution is 2.76. The number of epoxide rings is 1. The summed E-state index contributed by atoms with van der Waals surface area (Å²) in [6, 6.07) is 0. The fraction of sp³-hybridized carbons (Fsp3) is 0.727. The lowest BCUT2D eigenvalue weighted by Crippen LogP contribution is -2.62. The molecule has 146 valence electrons. The van der Waals surface area contributed by atoms with Crippen molar-refractivity contribution in [2.24, 2.45) is 28.6 Å². The predicted octanol–water partition coefficient (Wildman–Crippen LogP) is 1.96. The van der Waals surface area contributed by atoms with E-state index >= 15 is 0 Å². The van der Waals surface area contributed by atoms with Gasteiger partial charge in [-0.15, -0.1) is 0 Å². The van der Waals surface area contributed by atoms with E-state index in [1.165, 1.54) is 0 Å². The van der Waals surface area contributed by atoms with Crippen LogP contribution in [-0.2, 0) is 14.3 Å². The van der Waals surface area contributed by atoms with Crippen molar-refractivity contribution in [2.45, 2.75) is 63.8 Å². The van der Waals surface area contributed by atoms with Crippen molar-refractivity contribution in [1.29, 1.82) is 0 Å². The standard InChI is InChI=1S/C22H28O5/c1-12-8-16-15-5-4-13-9-14(24)6-7-19(13,2)22(15)18(27-22)10-20(16,3)21(12,26)17(25)11-23/h6-7,9,12,15-16,18,23,26H,4-5,8,10-11H2,1-3H3/t12-,15-,16-,18-,19-,20-,21-,22-/m0/s1. The molecule has 5 aliphatic rings. The van der Waals surface area contributed by atoms with Crippen molar-refractivity contribution in [3.05, 3.63) is 23.8 Å². The third-order valence-electron chi connectivity index (χ3n) is 9.08. The molecule has 5 rings (SSSR count). The summed E-state index contributed by atoms with van der Waals surface area (Å²) >= 11 is 0. The van der Waals surface area contributed by atoms with Crippen LogP contribution in [0.4, 0.5) is 0 Å². The molecular weight excluding hydrogens is 344 g/mol. The minimum Gasteiger partial charge on any atom is -0.388 e. The Bertz CT molecular complexity index is 814. The van der Waals surface area contributed by atoms with E-state index in [1.54, 1.807) is 12.2 Å². The maximum absolute atomic E-state index is 12.6. The van der Waals surface area contributed by atoms with E-state index in [9.17, 15) is 19.8 Å². The van der Waals surface area contributed by atoms with Crippen molar-refractivity contribution >= 4 is 11.6 Å². The van der Waals surface area contributed by atoms with E-state index in [4.69, 9.17) is 4.74 Å². The van der Waals surface area contributed by atoms with Gasteiger partial charge in [-0.2, -0.15) is 0 Å². The second-order valence-electron chi connectivity index (χ2n) is 9.86. The zero-order chi connectivity index (χ0) is 19.4. The molecule has 2 N–H and O–H groups in total. The first-order valence-corrected chi connectivity index (χ1v) is 10.1. The fourth-order valence-electron chi connectivity index (χ4n) is 7.70. The molecule has 1 aliphatic heterocycles. The molecule has 27 heavy (non-hydrogen) atoms. The summed E-state index contributed by atoms with van der Waals surface area (Å²) in [4.78, 5) is 24.5. The number of carbonyl (C=O) groups is 2. The molecule has 0 aromatic carbocycles. The van der Waals surface area contributed by atoms with Crippen LogP contribution in [0, 0.1) is 28.6 Å². The second kappa shape index (κ2) is 5.00. The van der Waals surface area contributed by atoms with E-state index in [-0.39, 0.29) is 40.7 Å². The number of Topliss-reactive ketones (excluding diaryl/α,β-unsaturated/α-hetero) is 1. The minimum absolute atomic E-state index is 0.0291. The largest absolute Gasteiger partial charge is 0.388 e. The number of rotatable bonds is 2. The molecule has 8 atom stereocenters. The van der Waals surface area contributed by atoms with Gasteiger partial charge in [-0.05, 0) is 62.5 Å². The topological polar surface area (TPSA) is 87.1 Å². The zero-order valence-electron chi connectivity index (χ0n) is 16.2. The van der Waals surface area contributed by atoms with E-state index in [0.29, 0.717) is 6.42 Å². The second-order valence-corrected chi connectivity index (χ2v) is 9.86. The molecule has 0 bridgehead atoms. The minimum atomic E-state index is -1.50. The molecule has 0 radical (unpaired) electrons. The smallest absolute Gasteiger partial charge is 0.190 e. The van der Waals surface area contributed by atoms with Crippen molar-refractivity contribution in [3.63, 3.8) is 0 Å². The summed E-state index contributed by atoms with van der Waals surface area (Å²) in [6.45, 7) is 5.51. The Morgan fingerprint density at radius 1 is 1.33 bits per heavy atom. The van der Waals surface area contributed by atoms with E-state index < -0.39 is 23.4 Å². The highest BCUT2D eigenvalue weighted by atomic mass is 16.6. The zero-order valence-corrected chi connectivity index (χ0v) is 16.2. The van der Waals surface area contributed by atoms with Gasteiger partial charge in [0.2, 0.25) is 0 Å². The number of aliphatic hydroxyl groups excluding tert-OH is 1. The monoisotopic (exact) mass is 372 g/mol. The molecule has 0 amide bonds. The lowest BCUT2D eigenvalue weighted by atomic mass is 9.46. The third-order valence-corrected chi connectivity index (χ3v) is 9.08. The molecule has 1 heterocycles. The number of hydrogen-bond acceptors (Lipinski definition) is 5. The molecule has 4 aliphatic carbocycles. The number of aliphatic hydroxyl groups is 2. The molecule has 1 saturated heterocycles. The van der Waals surface area contributed by atoms with Gasteiger partial charge in [0.05, 0.1) is 6.10 Å². The van der Waals surface area contributed by atoms with E-state index in [2.05, 4.69) is 6.92 Å². The van der Waals surface area contributed by atoms with Gasteiger partial charge in [0, 0.05) is 10.8 Å². The van der Waals surface area contributed by atoms with Crippen LogP contribution in [0.3, 0.4) is 0 Å². The molecule has 0 aromatic rings. The summed E-state index contributed by atoms with van der Waals surface area (Å²) < 4.78 is 6.43. The third kappa shape index (κ3) is 1.73. The van der Waals surface area contributed by atoms with Crippen LogP contribution in [0.1, 0.15) is 46.5 Å². The highest BCUT2D eigenvalue weighted by molar-refractivity contribution is 6.01. The molecular formula is C22H28O5. The lowest BCUT2D eigenvalue weighted by Gasteiger charge is -2.55. The molecule has 5 heteroatoms. The number of fused-ring (bicyclic) bond motifs is 3. The van der Waals surface area contributed by atoms with Gasteiger partial charge in [-0.1, -0.05) is 25.5 Å². The van der Waals surface area contributed by atoms with Crippen molar-refractivity contribution in [3.8, 4) is 0 Å². The molecule has 0 aromatic heterocycles. The number of ketones is 2. The Morgan fingerprint density at radius 3 is 2.78 bits per heavy atom. The van der Waals surface area contributed by atoms with Crippen LogP contribution in [0.5, 0.6) is 0 Å². The summed E-state index contributed by atoms with van der Waals surface area (Å²) in [5.41, 5.74) is -1.55. The van der Waals surface area contributed by atoms with Crippen LogP contribution in [-0.4, -0.2) is 45.7 Å². The summed E-state index contributed by atoms with van der Waals surface area (Å²) in [6.07, 6.45) is 8.58. The Balaban J connectivity index is 1.60. The number of allylic oxidation sites excluding steroid dienone is 2. The van der Waals surface area contributed by atoms with Gasteiger partial charge < -0.3 is 14.9 Å². The van der Waals surface area contributed by atoms with Gasteiger partial charge in [0.15, 0.2) is 11.6 Å². The Hall–Kier alpha value is -1.30. The lowest BCUT2D eigenvalue weighted by molar-refractivity contribution is -0.165. The van der Waals surface area contributed by atoms with E-state index in [1.807, 2.05) is 19.9 Å². The first kappa shape index (κ1) is 17.8. The SMILES string of the molecule is C[C@H]1C[C@H]2[C@@H]3CCC4=CC(=O)C=C[C@]4(C)[C@]34O[C@H]4C[C@]2(C)[C@@]1(O)C(=O)CO. The van der Waals surface area contributed by atoms with Crippen molar-refractivity contribution < 1.29 is 24.5 Å². The van der Waals surface area contributed by atoms with Crippen LogP contribution < -0.4 is 0 Å². The summed E-state index contributed by atoms with van der Waals surface area (Å²) in [5.74, 6) is -0.193. The fourth-order valence-corrected chi connectivity index (χ4v) is 7.70. The Labute approximate surface area is 159 Å². The molecule has 5 nitrogen and oxygen atoms in total. The predicted molar refractivity (Wildman–Crippen MR) is 97.7 cm³/mol. The maximum Gasteiger partial charge on any atom is 0.190 e. The van der Waals surface area contributed by atoms with Gasteiger partial charge >= 0.3 is 0 Å². The quantitative estimate of drug-likeness (QED) is 0.724. The van der Waals surface area contributed by atoms with Crippen LogP contribution in [0.2, 0.25) is 0 Å². The van der Waals surface area contributed by atoms with Crippen LogP contribution >= 0.6 is 0 Å². The highest BCUT2D eigenvalue weighted by Gasteiger charge is 2.81. The van der Waals surface area contributed by atoms with Gasteiger partial charge in [-0.25, -0.2) is 0 Å². The van der Waals surface area contributed by atoms with Gasteiger partial charge in [0.1, 0.15) is 17.8 Å². The van der Waals surface area contributed by atoms with Gasteiger partial charge in [-0.3, -0.25) is 9.59 Å². The Morgan fingerprint density at radius 2 is 2.07 bits per heavy atom. The maximum atomic E-state index is 12.6. The van der Waals surface area contributed by atoms with Crippen LogP contribution in [0.25, 0.3) is 0 Å². The van der Waals surface area contributed by atoms with Crippen molar-refractivity contribution in [1.82, 2.24) is 0 Å². The van der Waals surface area contributed by atoms with Gasteiger partial charge in [0.25, 0.3) is 0 Å². The van der Waals surface area contributed by atoms with Crippen LogP contribution in [0.15, 0.2) is 23.8 Å². The molecule has 0 unspecified atom stereocenters. The number of ether oxygens (including phenoxy) is 1. The summed E-state index contributed by atoms with van der Waals surface area (Å²) in [5, 5.41) is 21.0. The summed E-state index contributed by atoms with van der Waals surface area (Å²) in [7, 11) is 0. The molecule has 4 fully saturated rings. The first-order valence-electron chi connectivity index (χ1n) is 10.1. The normalized spacial score (nSPS) is 55.1.